The number of halogens is 2. The molecule has 1 atom stereocenters. The fraction of sp³-hybridized carbons (Fsp3) is 0.600. The van der Waals surface area contributed by atoms with Gasteiger partial charge in [-0.2, -0.15) is 4.31 Å². The quantitative estimate of drug-likeness (QED) is 0.820. The van der Waals surface area contributed by atoms with Crippen LogP contribution in [0.25, 0.3) is 0 Å². The Morgan fingerprint density at radius 3 is 2.78 bits per heavy atom. The molecule has 0 aliphatic carbocycles. The third-order valence-electron chi connectivity index (χ3n) is 2.98. The Morgan fingerprint density at radius 1 is 1.50 bits per heavy atom. The van der Waals surface area contributed by atoms with E-state index in [0.29, 0.717) is 21.8 Å². The average Bonchev–Trinajstić information content (AvgIpc) is 2.69. The molecule has 4 nitrogen and oxygen atoms in total. The number of sulfonamides is 1. The molecule has 1 unspecified atom stereocenters. The summed E-state index contributed by atoms with van der Waals surface area (Å²) in [5.41, 5.74) is 0. The zero-order valence-electron chi connectivity index (χ0n) is 9.47. The number of hydrogen-bond acceptors (Lipinski definition) is 4. The van der Waals surface area contributed by atoms with E-state index in [1.807, 2.05) is 0 Å². The van der Waals surface area contributed by atoms with E-state index in [4.69, 9.17) is 5.11 Å². The Kier molecular flexibility index (Phi) is 4.88. The summed E-state index contributed by atoms with van der Waals surface area (Å²) in [6.07, 6.45) is 1.68. The molecule has 1 aromatic heterocycles. The Hall–Kier alpha value is 0.530. The lowest BCUT2D eigenvalue weighted by molar-refractivity contribution is 0.165. The van der Waals surface area contributed by atoms with Crippen LogP contribution >= 0.6 is 43.2 Å². The molecule has 1 aliphatic heterocycles. The second-order valence-corrected chi connectivity index (χ2v) is 9.90. The van der Waals surface area contributed by atoms with Crippen LogP contribution in [-0.2, 0) is 10.0 Å². The third-order valence-corrected chi connectivity index (χ3v) is 7.60. The maximum Gasteiger partial charge on any atom is 0.245 e. The monoisotopic (exact) mass is 417 g/mol. The Balaban J connectivity index is 2.28. The molecule has 1 N–H and O–H groups in total. The van der Waals surface area contributed by atoms with Gasteiger partial charge in [0.2, 0.25) is 10.0 Å². The minimum Gasteiger partial charge on any atom is -0.396 e. The summed E-state index contributed by atoms with van der Waals surface area (Å²) in [7, 11) is -3.46. The van der Waals surface area contributed by atoms with Crippen molar-refractivity contribution in [2.75, 3.05) is 19.7 Å². The number of piperidine rings is 1. The largest absolute Gasteiger partial charge is 0.396 e. The van der Waals surface area contributed by atoms with Gasteiger partial charge < -0.3 is 5.11 Å². The summed E-state index contributed by atoms with van der Waals surface area (Å²) in [5, 5.41) is 9.17. The fourth-order valence-electron chi connectivity index (χ4n) is 2.03. The lowest BCUT2D eigenvalue weighted by Gasteiger charge is -2.30. The molecular formula is C10H13Br2NO3S2. The predicted molar refractivity (Wildman–Crippen MR) is 78.3 cm³/mol. The van der Waals surface area contributed by atoms with E-state index in [2.05, 4.69) is 31.9 Å². The van der Waals surface area contributed by atoms with Crippen LogP contribution in [0.5, 0.6) is 0 Å². The first kappa shape index (κ1) is 14.9. The maximum atomic E-state index is 12.5. The van der Waals surface area contributed by atoms with Gasteiger partial charge in [-0.1, -0.05) is 0 Å². The lowest BCUT2D eigenvalue weighted by Crippen LogP contribution is -2.40. The highest BCUT2D eigenvalue weighted by molar-refractivity contribution is 9.12. The van der Waals surface area contributed by atoms with E-state index in [9.17, 15) is 8.42 Å². The molecule has 1 aromatic rings. The van der Waals surface area contributed by atoms with Gasteiger partial charge in [-0.3, -0.25) is 0 Å². The number of aliphatic hydroxyl groups is 1. The van der Waals surface area contributed by atoms with E-state index in [-0.39, 0.29) is 12.5 Å². The van der Waals surface area contributed by atoms with Crippen LogP contribution in [0.3, 0.4) is 0 Å². The van der Waals surface area contributed by atoms with E-state index in [1.165, 1.54) is 15.6 Å². The highest BCUT2D eigenvalue weighted by Gasteiger charge is 2.32. The smallest absolute Gasteiger partial charge is 0.245 e. The van der Waals surface area contributed by atoms with Gasteiger partial charge in [-0.05, 0) is 56.7 Å². The van der Waals surface area contributed by atoms with Crippen LogP contribution in [0.4, 0.5) is 0 Å². The first-order chi connectivity index (χ1) is 8.45. The highest BCUT2D eigenvalue weighted by atomic mass is 79.9. The molecule has 0 saturated carbocycles. The van der Waals surface area contributed by atoms with E-state index in [0.717, 1.165) is 16.6 Å². The van der Waals surface area contributed by atoms with Crippen molar-refractivity contribution in [1.29, 1.82) is 0 Å². The minimum absolute atomic E-state index is 0.0422. The Morgan fingerprint density at radius 2 is 2.22 bits per heavy atom. The van der Waals surface area contributed by atoms with Crippen LogP contribution in [-0.4, -0.2) is 37.5 Å². The molecular weight excluding hydrogens is 406 g/mol. The number of aliphatic hydroxyl groups excluding tert-OH is 1. The van der Waals surface area contributed by atoms with Gasteiger partial charge in [0.1, 0.15) is 4.90 Å². The molecule has 0 aromatic carbocycles. The van der Waals surface area contributed by atoms with Crippen molar-refractivity contribution in [1.82, 2.24) is 4.31 Å². The lowest BCUT2D eigenvalue weighted by atomic mass is 10.0. The van der Waals surface area contributed by atoms with Gasteiger partial charge in [-0.15, -0.1) is 11.3 Å². The van der Waals surface area contributed by atoms with Crippen molar-refractivity contribution in [2.45, 2.75) is 17.7 Å². The van der Waals surface area contributed by atoms with Gasteiger partial charge in [-0.25, -0.2) is 8.42 Å². The van der Waals surface area contributed by atoms with Gasteiger partial charge in [0.15, 0.2) is 0 Å². The first-order valence-electron chi connectivity index (χ1n) is 5.51. The van der Waals surface area contributed by atoms with E-state index in [1.54, 1.807) is 6.07 Å². The third kappa shape index (κ3) is 2.99. The highest BCUT2D eigenvalue weighted by Crippen LogP contribution is 2.37. The van der Waals surface area contributed by atoms with Crippen LogP contribution in [0.15, 0.2) is 18.5 Å². The van der Waals surface area contributed by atoms with Crippen molar-refractivity contribution in [3.05, 3.63) is 13.6 Å². The summed E-state index contributed by atoms with van der Waals surface area (Å²) in [6.45, 7) is 0.970. The van der Waals surface area contributed by atoms with Crippen molar-refractivity contribution < 1.29 is 13.5 Å². The summed E-state index contributed by atoms with van der Waals surface area (Å²) in [4.78, 5) is 0.304. The van der Waals surface area contributed by atoms with Crippen LogP contribution in [0.2, 0.25) is 0 Å². The van der Waals surface area contributed by atoms with Gasteiger partial charge in [0.25, 0.3) is 0 Å². The zero-order valence-corrected chi connectivity index (χ0v) is 14.3. The van der Waals surface area contributed by atoms with E-state index < -0.39 is 10.0 Å². The van der Waals surface area contributed by atoms with Crippen molar-refractivity contribution in [2.24, 2.45) is 5.92 Å². The summed E-state index contributed by atoms with van der Waals surface area (Å²) < 4.78 is 27.8. The maximum absolute atomic E-state index is 12.5. The minimum atomic E-state index is -3.46. The number of hydrogen-bond donors (Lipinski definition) is 1. The molecule has 2 rings (SSSR count). The molecule has 1 saturated heterocycles. The van der Waals surface area contributed by atoms with Crippen LogP contribution in [0.1, 0.15) is 12.8 Å². The SMILES string of the molecule is O=S(=O)(c1cc(Br)sc1Br)N1CCCC(CO)C1. The molecule has 1 fully saturated rings. The molecule has 0 spiro atoms. The summed E-state index contributed by atoms with van der Waals surface area (Å²) >= 11 is 7.92. The molecule has 0 amide bonds. The fourth-order valence-corrected chi connectivity index (χ4v) is 7.35. The first-order valence-corrected chi connectivity index (χ1v) is 9.35. The summed E-state index contributed by atoms with van der Waals surface area (Å²) in [5.74, 6) is 0.0503. The molecule has 0 bridgehead atoms. The topological polar surface area (TPSA) is 57.6 Å². The second-order valence-electron chi connectivity index (χ2n) is 4.24. The number of nitrogens with zero attached hydrogens (tertiary/aromatic N) is 1. The van der Waals surface area contributed by atoms with Gasteiger partial charge in [0.05, 0.1) is 7.57 Å². The van der Waals surface area contributed by atoms with Crippen molar-refractivity contribution in [3.63, 3.8) is 0 Å². The number of rotatable bonds is 3. The predicted octanol–water partition coefficient (Wildman–Crippen LogP) is 2.67. The van der Waals surface area contributed by atoms with Crippen molar-refractivity contribution >= 4 is 53.2 Å². The molecule has 18 heavy (non-hydrogen) atoms. The Labute approximate surface area is 127 Å². The summed E-state index contributed by atoms with van der Waals surface area (Å²) in [6, 6.07) is 1.62. The van der Waals surface area contributed by atoms with E-state index >= 15 is 0 Å². The van der Waals surface area contributed by atoms with Gasteiger partial charge in [0, 0.05) is 19.7 Å². The zero-order chi connectivity index (χ0) is 13.3. The number of thiophene rings is 1. The molecule has 102 valence electrons. The van der Waals surface area contributed by atoms with Crippen LogP contribution < -0.4 is 0 Å². The normalized spacial score (nSPS) is 22.3. The van der Waals surface area contributed by atoms with Crippen LogP contribution in [0, 0.1) is 5.92 Å². The molecule has 8 heteroatoms. The molecule has 1 aliphatic rings. The standard InChI is InChI=1S/C10H13Br2NO3S2/c11-9-4-8(10(12)17-9)18(15,16)13-3-1-2-7(5-13)6-14/h4,7,14H,1-3,5-6H2. The molecule has 0 radical (unpaired) electrons. The van der Waals surface area contributed by atoms with Crippen molar-refractivity contribution in [3.8, 4) is 0 Å². The Bertz CT molecular complexity index is 529. The molecule has 2 heterocycles. The van der Waals surface area contributed by atoms with Gasteiger partial charge >= 0.3 is 0 Å². The average molecular weight is 419 g/mol. The second kappa shape index (κ2) is 5.88.